The van der Waals surface area contributed by atoms with Crippen molar-refractivity contribution in [1.82, 2.24) is 0 Å². The number of rotatable bonds is 11. The molecule has 188 valence electrons. The Kier molecular flexibility index (Phi) is 9.63. The summed E-state index contributed by atoms with van der Waals surface area (Å²) in [4.78, 5) is 0. The van der Waals surface area contributed by atoms with E-state index in [0.29, 0.717) is 12.8 Å². The van der Waals surface area contributed by atoms with Crippen LogP contribution in [0.5, 0.6) is 0 Å². The van der Waals surface area contributed by atoms with Crippen molar-refractivity contribution in [2.75, 3.05) is 0 Å². The molecule has 3 rings (SSSR count). The second-order valence-corrected chi connectivity index (χ2v) is 8.48. The van der Waals surface area contributed by atoms with Crippen LogP contribution in [0.1, 0.15) is 40.7 Å². The lowest BCUT2D eigenvalue weighted by molar-refractivity contribution is 1.24. The van der Waals surface area contributed by atoms with E-state index in [1.54, 1.807) is 18.5 Å². The van der Waals surface area contributed by atoms with E-state index in [-0.39, 0.29) is 0 Å². The van der Waals surface area contributed by atoms with Gasteiger partial charge >= 0.3 is 0 Å². The minimum absolute atomic E-state index is 0.337. The van der Waals surface area contributed by atoms with E-state index >= 15 is 0 Å². The fraction of sp³-hybridized carbons (Fsp3) is 0.0571. The molecule has 4 N–H and O–H groups in total. The smallest absolute Gasteiger partial charge is 0.0663 e. The van der Waals surface area contributed by atoms with Crippen molar-refractivity contribution >= 4 is 40.6 Å². The Hall–Kier alpha value is -5.07. The summed E-state index contributed by atoms with van der Waals surface area (Å²) >= 11 is 0. The number of hydrogen-bond acceptors (Lipinski definition) is 3. The van der Waals surface area contributed by atoms with Gasteiger partial charge in [-0.05, 0) is 73.5 Å². The highest BCUT2D eigenvalue weighted by Gasteiger charge is 2.20. The lowest BCUT2D eigenvalue weighted by Gasteiger charge is -2.22. The highest BCUT2D eigenvalue weighted by atomic mass is 14.5. The van der Waals surface area contributed by atoms with Gasteiger partial charge in [0.1, 0.15) is 0 Å². The number of allylic oxidation sites excluding steroid dienone is 6. The summed E-state index contributed by atoms with van der Waals surface area (Å²) in [5, 5.41) is 10.9. The third-order valence-corrected chi connectivity index (χ3v) is 6.41. The van der Waals surface area contributed by atoms with Crippen molar-refractivity contribution < 1.29 is 0 Å². The van der Waals surface area contributed by atoms with Gasteiger partial charge in [0, 0.05) is 6.20 Å². The highest BCUT2D eigenvalue weighted by molar-refractivity contribution is 6.11. The van der Waals surface area contributed by atoms with Crippen molar-refractivity contribution in [3.05, 3.63) is 139 Å². The van der Waals surface area contributed by atoms with Crippen LogP contribution in [0.3, 0.4) is 0 Å². The predicted octanol–water partition coefficient (Wildman–Crippen LogP) is 8.64. The fourth-order valence-corrected chi connectivity index (χ4v) is 4.71. The van der Waals surface area contributed by atoms with Crippen LogP contribution >= 0.6 is 0 Å². The zero-order valence-electron chi connectivity index (χ0n) is 21.7. The van der Waals surface area contributed by atoms with Gasteiger partial charge in [-0.1, -0.05) is 117 Å². The van der Waals surface area contributed by atoms with Gasteiger partial charge in [-0.2, -0.15) is 5.26 Å². The molecule has 0 saturated heterocycles. The van der Waals surface area contributed by atoms with Crippen molar-refractivity contribution in [3.8, 4) is 17.2 Å². The average molecular weight is 496 g/mol. The van der Waals surface area contributed by atoms with Crippen LogP contribution in [0.2, 0.25) is 0 Å². The molecule has 0 amide bonds. The summed E-state index contributed by atoms with van der Waals surface area (Å²) in [6, 6.07) is 16.5. The first kappa shape index (κ1) is 27.5. The van der Waals surface area contributed by atoms with Crippen molar-refractivity contribution in [1.29, 1.82) is 5.26 Å². The van der Waals surface area contributed by atoms with Gasteiger partial charge in [-0.25, -0.2) is 0 Å². The Labute approximate surface area is 226 Å². The molecular weight excluding hydrogens is 462 g/mol. The molecule has 0 aliphatic heterocycles. The summed E-state index contributed by atoms with van der Waals surface area (Å²) in [5.41, 5.74) is 20.8. The largest absolute Gasteiger partial charge is 0.404 e. The van der Waals surface area contributed by atoms with Gasteiger partial charge < -0.3 is 11.5 Å². The third-order valence-electron chi connectivity index (χ3n) is 6.41. The zero-order chi connectivity index (χ0) is 27.5. The molecule has 0 aliphatic carbocycles. The van der Waals surface area contributed by atoms with E-state index < -0.39 is 0 Å². The first-order valence-electron chi connectivity index (χ1n) is 12.3. The Morgan fingerprint density at radius 1 is 0.763 bits per heavy atom. The Balaban J connectivity index is 2.29. The standard InChI is InChI=1S/C35H33N3/c1-5-26-17-14-21-31(28(26)6-2)35-30(8-4)29(7-3)34(32-19-9-10-20-33(32)35)27(24-38)18-13-16-25(23-37)15-11-12-22-36/h5-11,13-15,17-21,23-24H,1-4,12,16,37-38H2/b15-11-,18-13-,25-23+,27-24+. The van der Waals surface area contributed by atoms with E-state index in [4.69, 9.17) is 16.7 Å². The molecule has 38 heavy (non-hydrogen) atoms. The number of nitrogens with two attached hydrogens (primary N) is 2. The van der Waals surface area contributed by atoms with E-state index in [2.05, 4.69) is 50.6 Å². The maximum atomic E-state index is 8.77. The van der Waals surface area contributed by atoms with Crippen LogP contribution in [0.4, 0.5) is 0 Å². The predicted molar refractivity (Wildman–Crippen MR) is 167 cm³/mol. The van der Waals surface area contributed by atoms with Crippen LogP contribution in [0, 0.1) is 11.3 Å². The van der Waals surface area contributed by atoms with Crippen LogP contribution < -0.4 is 11.5 Å². The summed E-state index contributed by atoms with van der Waals surface area (Å²) in [6.07, 6.45) is 19.2. The highest BCUT2D eigenvalue weighted by Crippen LogP contribution is 2.43. The monoisotopic (exact) mass is 495 g/mol. The average Bonchev–Trinajstić information content (AvgIpc) is 2.96. The quantitative estimate of drug-likeness (QED) is 0.261. The van der Waals surface area contributed by atoms with E-state index in [1.165, 1.54) is 0 Å². The number of fused-ring (bicyclic) bond motifs is 1. The first-order valence-corrected chi connectivity index (χ1v) is 12.3. The SMILES string of the molecule is C=Cc1cccc(-c2c(C=C)c(C=C)c(C(/C=C\CC(/C=C\CC#N)=C/N)=C/N)c3ccccc23)c1C=C. The molecule has 0 fully saturated rings. The molecule has 3 aromatic carbocycles. The molecular formula is C35H33N3. The van der Waals surface area contributed by atoms with Gasteiger partial charge in [0.25, 0.3) is 0 Å². The van der Waals surface area contributed by atoms with Crippen LogP contribution in [0.25, 0.3) is 51.8 Å². The maximum absolute atomic E-state index is 8.77. The second kappa shape index (κ2) is 13.3. The molecule has 3 heteroatoms. The summed E-state index contributed by atoms with van der Waals surface area (Å²) in [7, 11) is 0. The van der Waals surface area contributed by atoms with Crippen molar-refractivity contribution in [2.45, 2.75) is 12.8 Å². The molecule has 0 radical (unpaired) electrons. The number of nitriles is 1. The maximum Gasteiger partial charge on any atom is 0.0663 e. The fourth-order valence-electron chi connectivity index (χ4n) is 4.71. The number of benzene rings is 3. The molecule has 0 atom stereocenters. The molecule has 0 aliphatic rings. The van der Waals surface area contributed by atoms with Gasteiger partial charge in [-0.3, -0.25) is 0 Å². The second-order valence-electron chi connectivity index (χ2n) is 8.48. The lowest BCUT2D eigenvalue weighted by atomic mass is 9.81. The van der Waals surface area contributed by atoms with Gasteiger partial charge in [-0.15, -0.1) is 0 Å². The molecule has 0 saturated carbocycles. The Bertz CT molecular complexity index is 1550. The molecule has 0 unspecified atom stereocenters. The lowest BCUT2D eigenvalue weighted by Crippen LogP contribution is -2.00. The normalized spacial score (nSPS) is 12.1. The Morgan fingerprint density at radius 2 is 1.47 bits per heavy atom. The zero-order valence-corrected chi connectivity index (χ0v) is 21.7. The summed E-state index contributed by atoms with van der Waals surface area (Å²) < 4.78 is 0. The van der Waals surface area contributed by atoms with Crippen LogP contribution in [-0.4, -0.2) is 0 Å². The minimum atomic E-state index is 0.337. The van der Waals surface area contributed by atoms with Crippen LogP contribution in [-0.2, 0) is 0 Å². The molecule has 0 spiro atoms. The summed E-state index contributed by atoms with van der Waals surface area (Å²) in [5.74, 6) is 0. The van der Waals surface area contributed by atoms with E-state index in [0.717, 1.165) is 60.9 Å². The van der Waals surface area contributed by atoms with Gasteiger partial charge in [0.2, 0.25) is 0 Å². The Morgan fingerprint density at radius 3 is 2.08 bits per heavy atom. The minimum Gasteiger partial charge on any atom is -0.404 e. The number of nitrogens with zero attached hydrogens (tertiary/aromatic N) is 1. The molecule has 3 aromatic rings. The van der Waals surface area contributed by atoms with Gasteiger partial charge in [0.05, 0.1) is 12.5 Å². The molecule has 0 aromatic heterocycles. The van der Waals surface area contributed by atoms with E-state index in [1.807, 2.05) is 66.8 Å². The van der Waals surface area contributed by atoms with Crippen LogP contribution in [0.15, 0.2) is 111 Å². The number of hydrogen-bond donors (Lipinski definition) is 2. The summed E-state index contributed by atoms with van der Waals surface area (Å²) in [6.45, 7) is 16.4. The molecule has 0 bridgehead atoms. The topological polar surface area (TPSA) is 75.8 Å². The molecule has 3 nitrogen and oxygen atoms in total. The first-order chi connectivity index (χ1) is 18.6. The van der Waals surface area contributed by atoms with Crippen molar-refractivity contribution in [3.63, 3.8) is 0 Å². The third kappa shape index (κ3) is 5.51. The van der Waals surface area contributed by atoms with E-state index in [9.17, 15) is 0 Å². The molecule has 0 heterocycles. The van der Waals surface area contributed by atoms with Crippen molar-refractivity contribution in [2.24, 2.45) is 11.5 Å². The van der Waals surface area contributed by atoms with Gasteiger partial charge in [0.15, 0.2) is 0 Å².